The molecular weight excluding hydrogens is 240 g/mol. The Morgan fingerprint density at radius 1 is 1.06 bits per heavy atom. The van der Waals surface area contributed by atoms with Gasteiger partial charge in [-0.05, 0) is 0 Å². The van der Waals surface area contributed by atoms with Crippen molar-refractivity contribution in [3.8, 4) is 0 Å². The maximum Gasteiger partial charge on any atom is 0.335 e. The van der Waals surface area contributed by atoms with E-state index in [0.717, 1.165) is 0 Å². The summed E-state index contributed by atoms with van der Waals surface area (Å²) in [7, 11) is 0. The summed E-state index contributed by atoms with van der Waals surface area (Å²) >= 11 is 0. The van der Waals surface area contributed by atoms with E-state index in [0.29, 0.717) is 0 Å². The molecule has 1 aliphatic rings. The second kappa shape index (κ2) is 5.23. The number of carboxylic acid groups (broad SMARTS) is 1. The molecule has 1 fully saturated rings. The van der Waals surface area contributed by atoms with Gasteiger partial charge in [-0.25, -0.2) is 4.79 Å². The zero-order valence-electron chi connectivity index (χ0n) is 8.49. The van der Waals surface area contributed by atoms with Crippen molar-refractivity contribution < 1.29 is 45.3 Å². The number of rotatable bonds is 4. The Labute approximate surface area is 95.1 Å². The summed E-state index contributed by atoms with van der Waals surface area (Å²) in [6.07, 6.45) is -13.2. The number of ether oxygens (including phenoxy) is 1. The zero-order chi connectivity index (χ0) is 13.3. The van der Waals surface area contributed by atoms with Crippen molar-refractivity contribution in [2.45, 2.75) is 42.9 Å². The topological polar surface area (TPSA) is 168 Å². The molecule has 100 valence electrons. The first-order chi connectivity index (χ1) is 7.77. The average Bonchev–Trinajstić information content (AvgIpc) is 2.53. The highest BCUT2D eigenvalue weighted by Gasteiger charge is 2.48. The molecule has 0 radical (unpaired) electrons. The second-order valence-electron chi connectivity index (χ2n) is 3.74. The van der Waals surface area contributed by atoms with E-state index in [2.05, 4.69) is 4.74 Å². The number of aliphatic carboxylic acids is 1. The molecule has 1 unspecified atom stereocenters. The normalized spacial score (nSPS) is 38.7. The van der Waals surface area contributed by atoms with Crippen LogP contribution in [0.1, 0.15) is 0 Å². The Bertz CT molecular complexity index is 282. The van der Waals surface area contributed by atoms with Crippen molar-refractivity contribution in [2.75, 3.05) is 0 Å². The molecule has 17 heavy (non-hydrogen) atoms. The molecule has 9 nitrogen and oxygen atoms in total. The third kappa shape index (κ3) is 2.72. The van der Waals surface area contributed by atoms with Gasteiger partial charge in [-0.2, -0.15) is 0 Å². The molecule has 1 rings (SSSR count). The Morgan fingerprint density at radius 2 is 1.59 bits per heavy atom. The molecule has 0 spiro atoms. The second-order valence-corrected chi connectivity index (χ2v) is 3.74. The minimum Gasteiger partial charge on any atom is -0.479 e. The van der Waals surface area contributed by atoms with Crippen LogP contribution in [0.15, 0.2) is 0 Å². The standard InChI is InChI=1S/C8H14O9/c9-1(4(12)7(14)15)2(10)6-3(11)5(13)8(16)17-6/h1-6,8-13,16H,(H,14,15)/t1-,2-,3+,4?,5-,6-,8+/m1/s1. The first kappa shape index (κ1) is 14.3. The Kier molecular flexibility index (Phi) is 4.38. The Morgan fingerprint density at radius 3 is 1.94 bits per heavy atom. The first-order valence-electron chi connectivity index (χ1n) is 4.74. The summed E-state index contributed by atoms with van der Waals surface area (Å²) in [5, 5.41) is 63.6. The molecule has 1 aliphatic heterocycles. The van der Waals surface area contributed by atoms with Crippen LogP contribution in [0.2, 0.25) is 0 Å². The first-order valence-corrected chi connectivity index (χ1v) is 4.74. The van der Waals surface area contributed by atoms with Gasteiger partial charge in [0.2, 0.25) is 0 Å². The van der Waals surface area contributed by atoms with Crippen molar-refractivity contribution in [1.29, 1.82) is 0 Å². The van der Waals surface area contributed by atoms with Crippen molar-refractivity contribution in [2.24, 2.45) is 0 Å². The molecule has 0 bridgehead atoms. The van der Waals surface area contributed by atoms with Crippen LogP contribution in [-0.2, 0) is 9.53 Å². The number of aliphatic hydroxyl groups is 6. The van der Waals surface area contributed by atoms with E-state index in [4.69, 9.17) is 20.4 Å². The number of carboxylic acids is 1. The fourth-order valence-electron chi connectivity index (χ4n) is 1.49. The quantitative estimate of drug-likeness (QED) is 0.262. The van der Waals surface area contributed by atoms with Gasteiger partial charge in [-0.15, -0.1) is 0 Å². The fraction of sp³-hybridized carbons (Fsp3) is 0.875. The molecule has 0 aromatic heterocycles. The van der Waals surface area contributed by atoms with Crippen molar-refractivity contribution in [3.63, 3.8) is 0 Å². The van der Waals surface area contributed by atoms with Gasteiger partial charge in [0.1, 0.15) is 30.5 Å². The molecule has 9 heteroatoms. The van der Waals surface area contributed by atoms with Crippen molar-refractivity contribution in [1.82, 2.24) is 0 Å². The molecule has 7 atom stereocenters. The van der Waals surface area contributed by atoms with Gasteiger partial charge in [0, 0.05) is 0 Å². The van der Waals surface area contributed by atoms with Crippen LogP contribution in [0.3, 0.4) is 0 Å². The lowest BCUT2D eigenvalue weighted by Gasteiger charge is -2.26. The average molecular weight is 254 g/mol. The van der Waals surface area contributed by atoms with Crippen LogP contribution in [0.5, 0.6) is 0 Å². The van der Waals surface area contributed by atoms with Crippen molar-refractivity contribution >= 4 is 5.97 Å². The number of hydrogen-bond acceptors (Lipinski definition) is 8. The predicted octanol–water partition coefficient (Wildman–Crippen LogP) is -4.41. The Balaban J connectivity index is 2.70. The maximum absolute atomic E-state index is 10.3. The minimum atomic E-state index is -2.28. The lowest BCUT2D eigenvalue weighted by Crippen LogP contribution is -2.51. The van der Waals surface area contributed by atoms with E-state index in [1.54, 1.807) is 0 Å². The van der Waals surface area contributed by atoms with Crippen LogP contribution in [0.25, 0.3) is 0 Å². The van der Waals surface area contributed by atoms with Crippen molar-refractivity contribution in [3.05, 3.63) is 0 Å². The van der Waals surface area contributed by atoms with Gasteiger partial charge in [-0.1, -0.05) is 0 Å². The fourth-order valence-corrected chi connectivity index (χ4v) is 1.49. The predicted molar refractivity (Wildman–Crippen MR) is 48.5 cm³/mol. The highest BCUT2D eigenvalue weighted by atomic mass is 16.6. The van der Waals surface area contributed by atoms with E-state index in [-0.39, 0.29) is 0 Å². The highest BCUT2D eigenvalue weighted by molar-refractivity contribution is 5.72. The molecule has 0 aromatic rings. The molecule has 0 aliphatic carbocycles. The molecule has 0 saturated carbocycles. The molecular formula is C8H14O9. The van der Waals surface area contributed by atoms with E-state index < -0.39 is 48.9 Å². The highest BCUT2D eigenvalue weighted by Crippen LogP contribution is 2.24. The Hall–Kier alpha value is -0.810. The van der Waals surface area contributed by atoms with Gasteiger partial charge < -0.3 is 40.5 Å². The van der Waals surface area contributed by atoms with E-state index in [1.165, 1.54) is 0 Å². The summed E-state index contributed by atoms with van der Waals surface area (Å²) in [4.78, 5) is 10.3. The third-order valence-electron chi connectivity index (χ3n) is 2.54. The molecule has 1 saturated heterocycles. The van der Waals surface area contributed by atoms with Gasteiger partial charge in [0.15, 0.2) is 12.4 Å². The number of hydrogen-bond donors (Lipinski definition) is 7. The van der Waals surface area contributed by atoms with Crippen LogP contribution < -0.4 is 0 Å². The van der Waals surface area contributed by atoms with Crippen LogP contribution in [0, 0.1) is 0 Å². The summed E-state index contributed by atoms with van der Waals surface area (Å²) in [6.45, 7) is 0. The lowest BCUT2D eigenvalue weighted by atomic mass is 9.98. The van der Waals surface area contributed by atoms with E-state index >= 15 is 0 Å². The van der Waals surface area contributed by atoms with Crippen LogP contribution >= 0.6 is 0 Å². The van der Waals surface area contributed by atoms with Gasteiger partial charge in [0.05, 0.1) is 0 Å². The monoisotopic (exact) mass is 254 g/mol. The summed E-state index contributed by atoms with van der Waals surface area (Å²) in [6, 6.07) is 0. The lowest BCUT2D eigenvalue weighted by molar-refractivity contribution is -0.181. The summed E-state index contributed by atoms with van der Waals surface area (Å²) < 4.78 is 4.54. The zero-order valence-corrected chi connectivity index (χ0v) is 8.49. The van der Waals surface area contributed by atoms with E-state index in [1.807, 2.05) is 0 Å². The minimum absolute atomic E-state index is 1.61. The van der Waals surface area contributed by atoms with Crippen LogP contribution in [-0.4, -0.2) is 84.6 Å². The third-order valence-corrected chi connectivity index (χ3v) is 2.54. The summed E-state index contributed by atoms with van der Waals surface area (Å²) in [5.74, 6) is -1.77. The number of carbonyl (C=O) groups is 1. The number of aliphatic hydroxyl groups excluding tert-OH is 6. The van der Waals surface area contributed by atoms with Gasteiger partial charge in [-0.3, -0.25) is 0 Å². The molecule has 1 heterocycles. The van der Waals surface area contributed by atoms with Gasteiger partial charge >= 0.3 is 5.97 Å². The maximum atomic E-state index is 10.3. The SMILES string of the molecule is O=C(O)C(O)[C@H](O)[C@@H](O)[C@H]1O[C@H](O)[C@H](O)[C@@H]1O. The van der Waals surface area contributed by atoms with Gasteiger partial charge in [0.25, 0.3) is 0 Å². The smallest absolute Gasteiger partial charge is 0.335 e. The molecule has 7 N–H and O–H groups in total. The van der Waals surface area contributed by atoms with Crippen LogP contribution in [0.4, 0.5) is 0 Å². The largest absolute Gasteiger partial charge is 0.479 e. The molecule has 0 amide bonds. The van der Waals surface area contributed by atoms with E-state index in [9.17, 15) is 20.1 Å². The summed E-state index contributed by atoms with van der Waals surface area (Å²) in [5.41, 5.74) is 0. The molecule has 0 aromatic carbocycles.